The molecular formula is C8H19O2Si2-. The minimum atomic E-state index is -1.59. The van der Waals surface area contributed by atoms with Gasteiger partial charge < -0.3 is 9.90 Å². The van der Waals surface area contributed by atoms with E-state index in [0.717, 1.165) is 0 Å². The molecule has 0 aliphatic rings. The number of carboxylic acid groups (broad SMARTS) is 1. The van der Waals surface area contributed by atoms with Crippen LogP contribution in [-0.2, 0) is 4.79 Å². The summed E-state index contributed by atoms with van der Waals surface area (Å²) in [5.74, 6) is -0.826. The van der Waals surface area contributed by atoms with Crippen molar-refractivity contribution < 1.29 is 9.90 Å². The maximum atomic E-state index is 11.0. The third kappa shape index (κ3) is 3.10. The highest BCUT2D eigenvalue weighted by Crippen LogP contribution is 2.31. The molecule has 0 amide bonds. The van der Waals surface area contributed by atoms with Gasteiger partial charge in [-0.3, -0.25) is 0 Å². The van der Waals surface area contributed by atoms with Crippen LogP contribution in [0.1, 0.15) is 0 Å². The van der Waals surface area contributed by atoms with Gasteiger partial charge >= 0.3 is 0 Å². The van der Waals surface area contributed by atoms with E-state index in [1.807, 2.05) is 0 Å². The van der Waals surface area contributed by atoms with E-state index in [0.29, 0.717) is 0 Å². The molecule has 0 aliphatic carbocycles. The van der Waals surface area contributed by atoms with E-state index in [2.05, 4.69) is 39.3 Å². The van der Waals surface area contributed by atoms with Crippen molar-refractivity contribution in [3.8, 4) is 0 Å². The summed E-state index contributed by atoms with van der Waals surface area (Å²) in [5, 5.41) is 10.8. The van der Waals surface area contributed by atoms with Crippen LogP contribution in [0, 0.1) is 0 Å². The van der Waals surface area contributed by atoms with Gasteiger partial charge in [0.2, 0.25) is 0 Å². The number of carbonyl (C=O) groups is 1. The molecule has 0 saturated heterocycles. The molecule has 0 heterocycles. The summed E-state index contributed by atoms with van der Waals surface area (Å²) < 4.78 is 0. The number of rotatable bonds is 3. The maximum Gasteiger partial charge on any atom is 0.0508 e. The van der Waals surface area contributed by atoms with Crippen LogP contribution >= 0.6 is 0 Å². The van der Waals surface area contributed by atoms with Gasteiger partial charge in [0.1, 0.15) is 0 Å². The topological polar surface area (TPSA) is 40.1 Å². The Bertz CT molecular complexity index is 162. The summed E-state index contributed by atoms with van der Waals surface area (Å²) in [4.78, 5) is 11.0. The van der Waals surface area contributed by atoms with E-state index in [4.69, 9.17) is 0 Å². The molecule has 0 aromatic heterocycles. The molecule has 12 heavy (non-hydrogen) atoms. The second-order valence-electron chi connectivity index (χ2n) is 5.48. The molecule has 4 heteroatoms. The van der Waals surface area contributed by atoms with Crippen LogP contribution in [0.25, 0.3) is 0 Å². The third-order valence-corrected chi connectivity index (χ3v) is 11.1. The number of aliphatic carboxylic acids is 1. The Balaban J connectivity index is 4.82. The monoisotopic (exact) mass is 203 g/mol. The van der Waals surface area contributed by atoms with Crippen LogP contribution in [-0.4, -0.2) is 22.1 Å². The lowest BCUT2D eigenvalue weighted by atomic mass is 10.8. The fourth-order valence-electron chi connectivity index (χ4n) is 2.01. The molecule has 0 atom stereocenters. The van der Waals surface area contributed by atoms with E-state index in [9.17, 15) is 9.90 Å². The van der Waals surface area contributed by atoms with Crippen molar-refractivity contribution in [1.29, 1.82) is 0 Å². The SMILES string of the molecule is C[Si](C)(C)C(C(=O)[O-])[Si](C)(C)C. The van der Waals surface area contributed by atoms with Crippen molar-refractivity contribution in [2.45, 2.75) is 44.4 Å². The van der Waals surface area contributed by atoms with Crippen LogP contribution in [0.2, 0.25) is 44.4 Å². The highest BCUT2D eigenvalue weighted by molar-refractivity contribution is 6.99. The molecule has 0 saturated carbocycles. The van der Waals surface area contributed by atoms with Gasteiger partial charge in [0.25, 0.3) is 0 Å². The van der Waals surface area contributed by atoms with E-state index < -0.39 is 22.1 Å². The van der Waals surface area contributed by atoms with E-state index in [-0.39, 0.29) is 5.16 Å². The zero-order chi connectivity index (χ0) is 10.2. The number of carboxylic acids is 1. The van der Waals surface area contributed by atoms with Gasteiger partial charge in [-0.2, -0.15) is 0 Å². The average Bonchev–Trinajstić information content (AvgIpc) is 1.49. The van der Waals surface area contributed by atoms with Crippen molar-refractivity contribution in [3.05, 3.63) is 0 Å². The Morgan fingerprint density at radius 3 is 1.25 bits per heavy atom. The predicted octanol–water partition coefficient (Wildman–Crippen LogP) is 1.32. The molecule has 2 nitrogen and oxygen atoms in total. The van der Waals surface area contributed by atoms with Crippen LogP contribution in [0.4, 0.5) is 0 Å². The molecule has 0 aliphatic heterocycles. The first-order valence-electron chi connectivity index (χ1n) is 4.27. The van der Waals surface area contributed by atoms with Crippen molar-refractivity contribution in [3.63, 3.8) is 0 Å². The zero-order valence-electron chi connectivity index (χ0n) is 8.89. The van der Waals surface area contributed by atoms with Crippen molar-refractivity contribution in [2.75, 3.05) is 0 Å². The first-order valence-corrected chi connectivity index (χ1v) is 11.4. The average molecular weight is 203 g/mol. The third-order valence-electron chi connectivity index (χ3n) is 1.97. The van der Waals surface area contributed by atoms with E-state index in [1.54, 1.807) is 0 Å². The van der Waals surface area contributed by atoms with Gasteiger partial charge in [0, 0.05) is 5.97 Å². The summed E-state index contributed by atoms with van der Waals surface area (Å²) in [6.45, 7) is 12.6. The second-order valence-corrected chi connectivity index (χ2v) is 16.7. The summed E-state index contributed by atoms with van der Waals surface area (Å²) in [6, 6.07) is 0. The Labute approximate surface area is 77.0 Å². The predicted molar refractivity (Wildman–Crippen MR) is 55.4 cm³/mol. The fraction of sp³-hybridized carbons (Fsp3) is 0.875. The Morgan fingerprint density at radius 2 is 1.25 bits per heavy atom. The molecule has 0 fully saturated rings. The Kier molecular flexibility index (Phi) is 3.31. The molecule has 0 N–H and O–H groups in total. The molecule has 0 rings (SSSR count). The molecule has 72 valence electrons. The molecule has 0 spiro atoms. The van der Waals surface area contributed by atoms with Gasteiger partial charge in [0.05, 0.1) is 16.1 Å². The van der Waals surface area contributed by atoms with Crippen LogP contribution in [0.15, 0.2) is 0 Å². The molecule has 0 unspecified atom stereocenters. The van der Waals surface area contributed by atoms with Gasteiger partial charge in [-0.05, 0) is 5.16 Å². The Hall–Kier alpha value is -0.0962. The highest BCUT2D eigenvalue weighted by atomic mass is 28.4. The van der Waals surface area contributed by atoms with E-state index in [1.165, 1.54) is 0 Å². The summed E-state index contributed by atoms with van der Waals surface area (Å²) in [7, 11) is -3.17. The number of hydrogen-bond acceptors (Lipinski definition) is 2. The smallest absolute Gasteiger partial charge is 0.0508 e. The standard InChI is InChI=1S/C8H20O2Si2/c1-11(2,3)8(7(9)10)12(4,5)6/h8H,1-6H3,(H,9,10)/p-1. The van der Waals surface area contributed by atoms with Gasteiger partial charge in [-0.15, -0.1) is 0 Å². The first-order chi connectivity index (χ1) is 5.07. The summed E-state index contributed by atoms with van der Waals surface area (Å²) >= 11 is 0. The van der Waals surface area contributed by atoms with Gasteiger partial charge in [-0.25, -0.2) is 0 Å². The minimum Gasteiger partial charge on any atom is -0.550 e. The summed E-state index contributed by atoms with van der Waals surface area (Å²) in [5.41, 5.74) is 0. The largest absolute Gasteiger partial charge is 0.550 e. The Morgan fingerprint density at radius 1 is 1.00 bits per heavy atom. The van der Waals surface area contributed by atoms with Crippen molar-refractivity contribution in [2.24, 2.45) is 0 Å². The maximum absolute atomic E-state index is 11.0. The highest BCUT2D eigenvalue weighted by Gasteiger charge is 2.38. The van der Waals surface area contributed by atoms with Crippen LogP contribution < -0.4 is 5.11 Å². The molecule has 0 aromatic rings. The van der Waals surface area contributed by atoms with Gasteiger partial charge in [-0.1, -0.05) is 39.3 Å². The minimum absolute atomic E-state index is 0.134. The number of hydrogen-bond donors (Lipinski definition) is 0. The number of carbonyl (C=O) groups excluding carboxylic acids is 1. The van der Waals surface area contributed by atoms with Crippen LogP contribution in [0.3, 0.4) is 0 Å². The fourth-order valence-corrected chi connectivity index (χ4v) is 13.8. The quantitative estimate of drug-likeness (QED) is 0.649. The lowest BCUT2D eigenvalue weighted by Gasteiger charge is -2.38. The summed E-state index contributed by atoms with van der Waals surface area (Å²) in [6.07, 6.45) is 0. The lowest BCUT2D eigenvalue weighted by Crippen LogP contribution is -2.52. The van der Waals surface area contributed by atoms with E-state index >= 15 is 0 Å². The molecule has 0 aromatic carbocycles. The van der Waals surface area contributed by atoms with Crippen molar-refractivity contribution in [1.82, 2.24) is 0 Å². The molecule has 0 radical (unpaired) electrons. The zero-order valence-corrected chi connectivity index (χ0v) is 10.9. The second kappa shape index (κ2) is 3.34. The van der Waals surface area contributed by atoms with Crippen molar-refractivity contribution >= 4 is 22.1 Å². The molecule has 0 bridgehead atoms. The van der Waals surface area contributed by atoms with Gasteiger partial charge in [0.15, 0.2) is 0 Å². The normalized spacial score (nSPS) is 13.6. The molecular weight excluding hydrogens is 184 g/mol. The first kappa shape index (κ1) is 11.9. The van der Waals surface area contributed by atoms with Crippen LogP contribution in [0.5, 0.6) is 0 Å². The lowest BCUT2D eigenvalue weighted by molar-refractivity contribution is -0.303.